The molecule has 142 valence electrons. The summed E-state index contributed by atoms with van der Waals surface area (Å²) in [5.74, 6) is -0.293. The van der Waals surface area contributed by atoms with Crippen molar-refractivity contribution in [2.75, 3.05) is 13.1 Å². The Morgan fingerprint density at radius 3 is 2.60 bits per heavy atom. The van der Waals surface area contributed by atoms with Crippen molar-refractivity contribution in [3.8, 4) is 0 Å². The van der Waals surface area contributed by atoms with Gasteiger partial charge in [-0.05, 0) is 29.4 Å². The molecule has 2 rings (SSSR count). The summed E-state index contributed by atoms with van der Waals surface area (Å²) in [6.07, 6.45) is -3.42. The molecule has 0 aromatic heterocycles. The molecular weight excluding hydrogens is 353 g/mol. The van der Waals surface area contributed by atoms with Crippen molar-refractivity contribution in [1.82, 2.24) is 4.90 Å². The molecule has 0 spiro atoms. The van der Waals surface area contributed by atoms with Gasteiger partial charge >= 0.3 is 6.18 Å². The number of alkyl halides is 3. The zero-order valence-electron chi connectivity index (χ0n) is 14.8. The molecule has 0 radical (unpaired) electrons. The lowest BCUT2D eigenvalue weighted by molar-refractivity contribution is -0.137. The van der Waals surface area contributed by atoms with Crippen LogP contribution in [-0.4, -0.2) is 29.9 Å². The Bertz CT molecular complexity index is 604. The van der Waals surface area contributed by atoms with Crippen LogP contribution in [0.3, 0.4) is 0 Å². The number of likely N-dealkylation sites (tertiary alicyclic amines) is 1. The summed E-state index contributed by atoms with van der Waals surface area (Å²) >= 11 is 0. The molecule has 1 heterocycles. The molecule has 1 saturated heterocycles. The van der Waals surface area contributed by atoms with Gasteiger partial charge in [0.25, 0.3) is 0 Å². The molecule has 1 aromatic carbocycles. The maximum Gasteiger partial charge on any atom is 0.416 e. The minimum absolute atomic E-state index is 0. The van der Waals surface area contributed by atoms with Gasteiger partial charge in [0, 0.05) is 25.6 Å². The topological polar surface area (TPSA) is 46.3 Å². The van der Waals surface area contributed by atoms with Crippen molar-refractivity contribution < 1.29 is 18.0 Å². The molecule has 25 heavy (non-hydrogen) atoms. The van der Waals surface area contributed by atoms with Crippen LogP contribution in [0.2, 0.25) is 0 Å². The van der Waals surface area contributed by atoms with Crippen LogP contribution in [0, 0.1) is 5.41 Å². The van der Waals surface area contributed by atoms with Crippen LogP contribution in [0.4, 0.5) is 13.2 Å². The number of nitrogens with zero attached hydrogens (tertiary/aromatic N) is 1. The van der Waals surface area contributed by atoms with Crippen LogP contribution < -0.4 is 5.73 Å². The van der Waals surface area contributed by atoms with Crippen molar-refractivity contribution in [1.29, 1.82) is 0 Å². The first kappa shape index (κ1) is 21.8. The van der Waals surface area contributed by atoms with Gasteiger partial charge in [0.15, 0.2) is 0 Å². The molecule has 1 aromatic rings. The van der Waals surface area contributed by atoms with E-state index in [4.69, 9.17) is 5.73 Å². The predicted molar refractivity (Wildman–Crippen MR) is 94.7 cm³/mol. The summed E-state index contributed by atoms with van der Waals surface area (Å²) in [5, 5.41) is 0. The molecule has 2 N–H and O–H groups in total. The number of nitrogens with two attached hydrogens (primary N) is 1. The van der Waals surface area contributed by atoms with Crippen molar-refractivity contribution in [3.63, 3.8) is 0 Å². The molecule has 3 nitrogen and oxygen atoms in total. The molecule has 1 fully saturated rings. The van der Waals surface area contributed by atoms with Crippen LogP contribution in [0.15, 0.2) is 24.3 Å². The summed E-state index contributed by atoms with van der Waals surface area (Å²) in [4.78, 5) is 14.3. The number of carbonyl (C=O) groups excluding carboxylic acids is 1. The highest BCUT2D eigenvalue weighted by Gasteiger charge is 2.36. The van der Waals surface area contributed by atoms with E-state index >= 15 is 0 Å². The van der Waals surface area contributed by atoms with Gasteiger partial charge in [0.1, 0.15) is 0 Å². The Morgan fingerprint density at radius 2 is 2.04 bits per heavy atom. The van der Waals surface area contributed by atoms with Crippen LogP contribution in [-0.2, 0) is 11.0 Å². The summed E-state index contributed by atoms with van der Waals surface area (Å²) < 4.78 is 38.5. The Balaban J connectivity index is 0.00000312. The van der Waals surface area contributed by atoms with Crippen molar-refractivity contribution in [2.24, 2.45) is 11.1 Å². The lowest BCUT2D eigenvalue weighted by atomic mass is 9.79. The quantitative estimate of drug-likeness (QED) is 0.856. The van der Waals surface area contributed by atoms with Gasteiger partial charge in [-0.3, -0.25) is 4.79 Å². The molecule has 0 aliphatic carbocycles. The number of halogens is 4. The number of rotatable bonds is 3. The third-order valence-corrected chi connectivity index (χ3v) is 4.93. The molecular formula is C18H26ClF3N2O. The van der Waals surface area contributed by atoms with Crippen LogP contribution >= 0.6 is 12.4 Å². The molecule has 2 unspecified atom stereocenters. The Hall–Kier alpha value is -1.27. The van der Waals surface area contributed by atoms with E-state index in [1.807, 2.05) is 13.8 Å². The summed E-state index contributed by atoms with van der Waals surface area (Å²) in [6.45, 7) is 7.05. The first-order valence-corrected chi connectivity index (χ1v) is 8.21. The van der Waals surface area contributed by atoms with Crippen LogP contribution in [0.1, 0.15) is 50.7 Å². The fourth-order valence-electron chi connectivity index (χ4n) is 3.12. The summed E-state index contributed by atoms with van der Waals surface area (Å²) in [7, 11) is 0. The maximum absolute atomic E-state index is 12.8. The first-order chi connectivity index (χ1) is 11.0. The standard InChI is InChI=1S/C18H25F3N2O.ClH/c1-12(13-5-4-6-14(10-13)18(19,20)21)9-16(24)23-8-7-15(22)17(2,3)11-23;/h4-6,10,12,15H,7-9,11,22H2,1-3H3;1H. The van der Waals surface area contributed by atoms with Crippen LogP contribution in [0.5, 0.6) is 0 Å². The number of benzene rings is 1. The molecule has 0 bridgehead atoms. The Morgan fingerprint density at radius 1 is 1.40 bits per heavy atom. The van der Waals surface area contributed by atoms with E-state index < -0.39 is 11.7 Å². The maximum atomic E-state index is 12.8. The van der Waals surface area contributed by atoms with E-state index in [0.717, 1.165) is 18.6 Å². The lowest BCUT2D eigenvalue weighted by Gasteiger charge is -2.42. The van der Waals surface area contributed by atoms with E-state index in [-0.39, 0.29) is 42.1 Å². The van der Waals surface area contributed by atoms with Gasteiger partial charge < -0.3 is 10.6 Å². The largest absolute Gasteiger partial charge is 0.416 e. The molecule has 1 aliphatic rings. The number of carbonyl (C=O) groups is 1. The zero-order valence-corrected chi connectivity index (χ0v) is 15.6. The summed E-state index contributed by atoms with van der Waals surface area (Å²) in [6, 6.07) is 5.27. The number of piperidine rings is 1. The average Bonchev–Trinajstić information content (AvgIpc) is 2.49. The highest BCUT2D eigenvalue weighted by atomic mass is 35.5. The van der Waals surface area contributed by atoms with Crippen LogP contribution in [0.25, 0.3) is 0 Å². The molecule has 2 atom stereocenters. The zero-order chi connectivity index (χ0) is 18.1. The van der Waals surface area contributed by atoms with E-state index in [0.29, 0.717) is 18.7 Å². The SMILES string of the molecule is CC(CC(=O)N1CCC(N)C(C)(C)C1)c1cccc(C(F)(F)F)c1.Cl. The minimum Gasteiger partial charge on any atom is -0.342 e. The highest BCUT2D eigenvalue weighted by Crippen LogP contribution is 2.33. The number of amides is 1. The fourth-order valence-corrected chi connectivity index (χ4v) is 3.12. The average molecular weight is 379 g/mol. The summed E-state index contributed by atoms with van der Waals surface area (Å²) in [5.41, 5.74) is 5.79. The second kappa shape index (κ2) is 7.96. The van der Waals surface area contributed by atoms with E-state index in [1.165, 1.54) is 6.07 Å². The monoisotopic (exact) mass is 378 g/mol. The van der Waals surface area contributed by atoms with E-state index in [1.54, 1.807) is 17.9 Å². The van der Waals surface area contributed by atoms with Gasteiger partial charge in [-0.25, -0.2) is 0 Å². The van der Waals surface area contributed by atoms with E-state index in [2.05, 4.69) is 0 Å². The molecule has 1 aliphatic heterocycles. The van der Waals surface area contributed by atoms with Crippen molar-refractivity contribution in [2.45, 2.75) is 51.7 Å². The van der Waals surface area contributed by atoms with Gasteiger partial charge in [-0.15, -0.1) is 12.4 Å². The fraction of sp³-hybridized carbons (Fsp3) is 0.611. The van der Waals surface area contributed by atoms with Gasteiger partial charge in [-0.2, -0.15) is 13.2 Å². The van der Waals surface area contributed by atoms with Crippen molar-refractivity contribution >= 4 is 18.3 Å². The molecule has 7 heteroatoms. The number of hydrogen-bond donors (Lipinski definition) is 1. The van der Waals surface area contributed by atoms with Gasteiger partial charge in [-0.1, -0.05) is 39.0 Å². The second-order valence-corrected chi connectivity index (χ2v) is 7.43. The third-order valence-electron chi connectivity index (χ3n) is 4.93. The molecule has 1 amide bonds. The second-order valence-electron chi connectivity index (χ2n) is 7.43. The third kappa shape index (κ3) is 5.35. The van der Waals surface area contributed by atoms with E-state index in [9.17, 15) is 18.0 Å². The predicted octanol–water partition coefficient (Wildman–Crippen LogP) is 4.21. The Kier molecular flexibility index (Phi) is 6.93. The lowest BCUT2D eigenvalue weighted by Crippen LogP contribution is -2.54. The van der Waals surface area contributed by atoms with Gasteiger partial charge in [0.05, 0.1) is 5.56 Å². The first-order valence-electron chi connectivity index (χ1n) is 8.21. The van der Waals surface area contributed by atoms with Gasteiger partial charge in [0.2, 0.25) is 5.91 Å². The molecule has 0 saturated carbocycles. The minimum atomic E-state index is -4.37. The smallest absolute Gasteiger partial charge is 0.342 e. The van der Waals surface area contributed by atoms with Crippen molar-refractivity contribution in [3.05, 3.63) is 35.4 Å². The highest BCUT2D eigenvalue weighted by molar-refractivity contribution is 5.85. The number of hydrogen-bond acceptors (Lipinski definition) is 2. The Labute approximate surface area is 153 Å². The normalized spacial score (nSPS) is 21.4.